The van der Waals surface area contributed by atoms with Gasteiger partial charge in [0.1, 0.15) is 0 Å². The molecule has 0 aromatic rings. The highest BCUT2D eigenvalue weighted by Gasteiger charge is 2.49. The lowest BCUT2D eigenvalue weighted by atomic mass is 10.4. The molecule has 0 aliphatic rings. The van der Waals surface area contributed by atoms with Gasteiger partial charge in [-0.3, -0.25) is 4.79 Å². The summed E-state index contributed by atoms with van der Waals surface area (Å²) in [5.74, 6) is -0.416. The highest BCUT2D eigenvalue weighted by molar-refractivity contribution is 6.55. The minimum atomic E-state index is -3.32. The van der Waals surface area contributed by atoms with Crippen LogP contribution in [0.2, 0.25) is 0 Å². The van der Waals surface area contributed by atoms with Gasteiger partial charge in [-0.05, 0) is 19.3 Å². The van der Waals surface area contributed by atoms with Crippen molar-refractivity contribution in [1.82, 2.24) is 0 Å². The molecule has 6 heteroatoms. The van der Waals surface area contributed by atoms with Gasteiger partial charge < -0.3 is 17.7 Å². The van der Waals surface area contributed by atoms with Crippen LogP contribution in [0.1, 0.15) is 66.2 Å². The van der Waals surface area contributed by atoms with Gasteiger partial charge >= 0.3 is 9.05 Å². The molecule has 0 aromatic heterocycles. The summed E-state index contributed by atoms with van der Waals surface area (Å²) in [5, 5.41) is 0. The zero-order chi connectivity index (χ0) is 15.3. The molecule has 0 amide bonds. The van der Waals surface area contributed by atoms with Crippen LogP contribution in [0.25, 0.3) is 0 Å². The number of carbonyl (C=O) groups is 1. The Morgan fingerprint density at radius 3 is 1.40 bits per heavy atom. The molecule has 0 saturated heterocycles. The van der Waals surface area contributed by atoms with E-state index in [1.165, 1.54) is 6.92 Å². The first-order valence-corrected chi connectivity index (χ1v) is 9.35. The molecule has 5 nitrogen and oxygen atoms in total. The van der Waals surface area contributed by atoms with Crippen LogP contribution < -0.4 is 0 Å². The molecule has 0 rings (SSSR count). The first-order chi connectivity index (χ1) is 9.60. The van der Waals surface area contributed by atoms with E-state index in [4.69, 9.17) is 17.7 Å². The van der Waals surface area contributed by atoms with E-state index in [2.05, 4.69) is 20.8 Å². The summed E-state index contributed by atoms with van der Waals surface area (Å²) >= 11 is 0. The highest BCUT2D eigenvalue weighted by Crippen LogP contribution is 2.15. The first-order valence-electron chi connectivity index (χ1n) is 7.71. The Kier molecular flexibility index (Phi) is 12.1. The Hall–Kier alpha value is -0.433. The lowest BCUT2D eigenvalue weighted by Crippen LogP contribution is -2.51. The summed E-state index contributed by atoms with van der Waals surface area (Å²) in [5.41, 5.74) is 0. The average molecular weight is 306 g/mol. The molecule has 0 heterocycles. The summed E-state index contributed by atoms with van der Waals surface area (Å²) in [6, 6.07) is 0. The van der Waals surface area contributed by atoms with E-state index >= 15 is 0 Å². The minimum absolute atomic E-state index is 0.416. The maximum atomic E-state index is 11.3. The molecule has 0 aliphatic heterocycles. The number of unbranched alkanes of at least 4 members (excludes halogenated alkanes) is 3. The molecule has 0 spiro atoms. The summed E-state index contributed by atoms with van der Waals surface area (Å²) in [6.45, 7) is 9.07. The van der Waals surface area contributed by atoms with Crippen molar-refractivity contribution in [1.29, 1.82) is 0 Å². The molecule has 0 atom stereocenters. The lowest BCUT2D eigenvalue weighted by Gasteiger charge is -2.27. The summed E-state index contributed by atoms with van der Waals surface area (Å²) < 4.78 is 22.5. The Bertz CT molecular complexity index is 221. The monoisotopic (exact) mass is 306 g/mol. The van der Waals surface area contributed by atoms with Crippen LogP contribution >= 0.6 is 0 Å². The van der Waals surface area contributed by atoms with Crippen LogP contribution in [-0.2, 0) is 22.5 Å². The van der Waals surface area contributed by atoms with Crippen LogP contribution in [0.3, 0.4) is 0 Å². The second kappa shape index (κ2) is 12.3. The normalized spacial score (nSPS) is 11.6. The molecule has 0 aromatic carbocycles. The van der Waals surface area contributed by atoms with Gasteiger partial charge in [-0.1, -0.05) is 40.0 Å². The van der Waals surface area contributed by atoms with Gasteiger partial charge in [0, 0.05) is 26.7 Å². The molecule has 0 radical (unpaired) electrons. The van der Waals surface area contributed by atoms with Crippen LogP contribution in [0.15, 0.2) is 0 Å². The Balaban J connectivity index is 4.61. The molecule has 0 saturated carbocycles. The molecular weight excluding hydrogens is 276 g/mol. The Morgan fingerprint density at radius 1 is 0.800 bits per heavy atom. The topological polar surface area (TPSA) is 54.0 Å². The zero-order valence-corrected chi connectivity index (χ0v) is 14.4. The van der Waals surface area contributed by atoms with Gasteiger partial charge in [0.2, 0.25) is 0 Å². The van der Waals surface area contributed by atoms with Crippen molar-refractivity contribution in [3.05, 3.63) is 0 Å². The SMILES string of the molecule is CCCCO[Si](OCCCC)(OCCCC)OC(C)=O. The van der Waals surface area contributed by atoms with Gasteiger partial charge in [-0.15, -0.1) is 0 Å². The minimum Gasteiger partial charge on any atom is -0.452 e. The Morgan fingerprint density at radius 2 is 1.15 bits per heavy atom. The van der Waals surface area contributed by atoms with E-state index in [-0.39, 0.29) is 0 Å². The second-order valence-electron chi connectivity index (χ2n) is 4.70. The Labute approximate surface area is 124 Å². The third kappa shape index (κ3) is 9.47. The third-order valence-corrected chi connectivity index (χ3v) is 4.81. The predicted octanol–water partition coefficient (Wildman–Crippen LogP) is 3.44. The fraction of sp³-hybridized carbons (Fsp3) is 0.929. The maximum Gasteiger partial charge on any atom is 0.751 e. The van der Waals surface area contributed by atoms with Crippen molar-refractivity contribution in [2.75, 3.05) is 19.8 Å². The maximum absolute atomic E-state index is 11.3. The van der Waals surface area contributed by atoms with Gasteiger partial charge in [-0.2, -0.15) is 0 Å². The standard InChI is InChI=1S/C14H30O5Si/c1-5-8-11-16-20(19-14(4)15,17-12-9-6-2)18-13-10-7-3/h5-13H2,1-4H3. The fourth-order valence-electron chi connectivity index (χ4n) is 1.41. The van der Waals surface area contributed by atoms with E-state index in [1.54, 1.807) is 0 Å². The van der Waals surface area contributed by atoms with Crippen molar-refractivity contribution >= 4 is 15.0 Å². The lowest BCUT2D eigenvalue weighted by molar-refractivity contribution is -0.142. The van der Waals surface area contributed by atoms with Gasteiger partial charge in [0.25, 0.3) is 5.97 Å². The van der Waals surface area contributed by atoms with Crippen LogP contribution in [0, 0.1) is 0 Å². The molecule has 0 fully saturated rings. The van der Waals surface area contributed by atoms with Crippen molar-refractivity contribution in [3.63, 3.8) is 0 Å². The van der Waals surface area contributed by atoms with Crippen molar-refractivity contribution < 1.29 is 22.5 Å². The molecule has 0 aliphatic carbocycles. The molecule has 0 unspecified atom stereocenters. The van der Waals surface area contributed by atoms with E-state index in [1.807, 2.05) is 0 Å². The third-order valence-electron chi connectivity index (χ3n) is 2.60. The highest BCUT2D eigenvalue weighted by atomic mass is 28.4. The van der Waals surface area contributed by atoms with Crippen LogP contribution in [0.5, 0.6) is 0 Å². The molecule has 0 N–H and O–H groups in total. The largest absolute Gasteiger partial charge is 0.751 e. The second-order valence-corrected chi connectivity index (χ2v) is 6.77. The summed E-state index contributed by atoms with van der Waals surface area (Å²) in [6.07, 6.45) is 5.70. The molecule has 120 valence electrons. The summed E-state index contributed by atoms with van der Waals surface area (Å²) in [4.78, 5) is 11.3. The molecular formula is C14H30O5Si. The van der Waals surface area contributed by atoms with Crippen molar-refractivity contribution in [2.24, 2.45) is 0 Å². The van der Waals surface area contributed by atoms with E-state index in [9.17, 15) is 4.79 Å². The predicted molar refractivity (Wildman–Crippen MR) is 80.1 cm³/mol. The fourth-order valence-corrected chi connectivity index (χ4v) is 3.38. The van der Waals surface area contributed by atoms with E-state index in [0.717, 1.165) is 38.5 Å². The van der Waals surface area contributed by atoms with Gasteiger partial charge in [0.05, 0.1) is 0 Å². The van der Waals surface area contributed by atoms with Crippen LogP contribution in [0.4, 0.5) is 0 Å². The number of carbonyl (C=O) groups excluding carboxylic acids is 1. The van der Waals surface area contributed by atoms with Crippen LogP contribution in [-0.4, -0.2) is 34.8 Å². The average Bonchev–Trinajstić information content (AvgIpc) is 2.39. The van der Waals surface area contributed by atoms with Gasteiger partial charge in [-0.25, -0.2) is 0 Å². The quantitative estimate of drug-likeness (QED) is 0.385. The smallest absolute Gasteiger partial charge is 0.452 e. The van der Waals surface area contributed by atoms with Crippen molar-refractivity contribution in [3.8, 4) is 0 Å². The molecule has 0 bridgehead atoms. The zero-order valence-electron chi connectivity index (χ0n) is 13.4. The first kappa shape index (κ1) is 19.6. The number of hydrogen-bond acceptors (Lipinski definition) is 5. The molecule has 20 heavy (non-hydrogen) atoms. The van der Waals surface area contributed by atoms with E-state index < -0.39 is 15.0 Å². The summed E-state index contributed by atoms with van der Waals surface area (Å²) in [7, 11) is -3.32. The van der Waals surface area contributed by atoms with Crippen molar-refractivity contribution in [2.45, 2.75) is 66.2 Å². The van der Waals surface area contributed by atoms with E-state index in [0.29, 0.717) is 19.8 Å². The number of hydrogen-bond donors (Lipinski definition) is 0. The van der Waals surface area contributed by atoms with Gasteiger partial charge in [0.15, 0.2) is 0 Å². The number of rotatable bonds is 13.